The Bertz CT molecular complexity index is 357. The van der Waals surface area contributed by atoms with Crippen molar-refractivity contribution in [2.45, 2.75) is 46.6 Å². The van der Waals surface area contributed by atoms with E-state index >= 15 is 0 Å². The van der Waals surface area contributed by atoms with Crippen LogP contribution in [0.15, 0.2) is 6.33 Å². The van der Waals surface area contributed by atoms with Gasteiger partial charge in [-0.1, -0.05) is 20.8 Å². The molecule has 0 radical (unpaired) electrons. The normalized spacial score (nSPS) is 13.7. The van der Waals surface area contributed by atoms with E-state index < -0.39 is 0 Å². The predicted octanol–water partition coefficient (Wildman–Crippen LogP) is 1.87. The lowest BCUT2D eigenvalue weighted by Crippen LogP contribution is -2.24. The van der Waals surface area contributed by atoms with Crippen molar-refractivity contribution < 1.29 is 4.74 Å². The summed E-state index contributed by atoms with van der Waals surface area (Å²) in [5.41, 5.74) is 6.01. The summed E-state index contributed by atoms with van der Waals surface area (Å²) in [7, 11) is 1.71. The molecule has 5 nitrogen and oxygen atoms in total. The van der Waals surface area contributed by atoms with Gasteiger partial charge in [-0.15, -0.1) is 10.2 Å². The van der Waals surface area contributed by atoms with Crippen LogP contribution in [0.2, 0.25) is 0 Å². The van der Waals surface area contributed by atoms with Gasteiger partial charge in [0.25, 0.3) is 0 Å². The molecular formula is C14H28N4O. The summed E-state index contributed by atoms with van der Waals surface area (Å²) in [6.07, 6.45) is 4.90. The molecule has 1 aromatic heterocycles. The second-order valence-corrected chi connectivity index (χ2v) is 6.11. The zero-order valence-electron chi connectivity index (χ0n) is 12.7. The quantitative estimate of drug-likeness (QED) is 0.781. The third kappa shape index (κ3) is 5.28. The van der Waals surface area contributed by atoms with Gasteiger partial charge in [-0.25, -0.2) is 0 Å². The fourth-order valence-electron chi connectivity index (χ4n) is 2.36. The molecule has 2 N–H and O–H groups in total. The molecule has 110 valence electrons. The lowest BCUT2D eigenvalue weighted by atomic mass is 9.76. The van der Waals surface area contributed by atoms with Crippen LogP contribution < -0.4 is 5.73 Å². The van der Waals surface area contributed by atoms with E-state index in [1.54, 1.807) is 13.4 Å². The van der Waals surface area contributed by atoms with Gasteiger partial charge in [0.05, 0.1) is 6.61 Å². The molecule has 1 aromatic rings. The molecular weight excluding hydrogens is 240 g/mol. The fourth-order valence-corrected chi connectivity index (χ4v) is 2.36. The molecule has 1 unspecified atom stereocenters. The van der Waals surface area contributed by atoms with Gasteiger partial charge in [-0.2, -0.15) is 0 Å². The molecule has 19 heavy (non-hydrogen) atoms. The van der Waals surface area contributed by atoms with E-state index in [1.165, 1.54) is 0 Å². The Hall–Kier alpha value is -0.940. The third-order valence-corrected chi connectivity index (χ3v) is 3.69. The Morgan fingerprint density at radius 2 is 2.11 bits per heavy atom. The molecule has 0 fully saturated rings. The molecule has 0 aliphatic heterocycles. The Morgan fingerprint density at radius 3 is 2.68 bits per heavy atom. The van der Waals surface area contributed by atoms with Gasteiger partial charge >= 0.3 is 0 Å². The second-order valence-electron chi connectivity index (χ2n) is 6.11. The van der Waals surface area contributed by atoms with Crippen molar-refractivity contribution >= 4 is 0 Å². The maximum atomic E-state index is 5.72. The molecule has 0 saturated carbocycles. The summed E-state index contributed by atoms with van der Waals surface area (Å²) in [4.78, 5) is 0. The van der Waals surface area contributed by atoms with Crippen molar-refractivity contribution in [1.82, 2.24) is 14.8 Å². The first-order chi connectivity index (χ1) is 8.99. The molecule has 0 saturated heterocycles. The molecule has 1 heterocycles. The standard InChI is InChI=1S/C14H28N4O/c1-14(2,3)12(7-8-15)5-6-13-17-16-11-18(13)9-10-19-4/h11-12H,5-10,15H2,1-4H3. The first kappa shape index (κ1) is 16.1. The van der Waals surface area contributed by atoms with Crippen LogP contribution in [0.5, 0.6) is 0 Å². The number of ether oxygens (including phenoxy) is 1. The molecule has 0 amide bonds. The van der Waals surface area contributed by atoms with Crippen molar-refractivity contribution in [2.24, 2.45) is 17.1 Å². The third-order valence-electron chi connectivity index (χ3n) is 3.69. The Balaban J connectivity index is 2.56. The first-order valence-corrected chi connectivity index (χ1v) is 7.04. The summed E-state index contributed by atoms with van der Waals surface area (Å²) < 4.78 is 7.17. The highest BCUT2D eigenvalue weighted by Gasteiger charge is 2.24. The van der Waals surface area contributed by atoms with E-state index in [0.29, 0.717) is 12.5 Å². The van der Waals surface area contributed by atoms with Crippen molar-refractivity contribution in [3.8, 4) is 0 Å². The van der Waals surface area contributed by atoms with Gasteiger partial charge in [0.2, 0.25) is 0 Å². The molecule has 0 aromatic carbocycles. The molecule has 0 aliphatic carbocycles. The predicted molar refractivity (Wildman–Crippen MR) is 76.8 cm³/mol. The van der Waals surface area contributed by atoms with E-state index in [-0.39, 0.29) is 5.41 Å². The minimum atomic E-state index is 0.288. The minimum Gasteiger partial charge on any atom is -0.383 e. The number of rotatable bonds is 8. The van der Waals surface area contributed by atoms with Crippen LogP contribution >= 0.6 is 0 Å². The van der Waals surface area contributed by atoms with Crippen LogP contribution in [0.4, 0.5) is 0 Å². The van der Waals surface area contributed by atoms with Gasteiger partial charge in [-0.05, 0) is 30.7 Å². The smallest absolute Gasteiger partial charge is 0.132 e. The van der Waals surface area contributed by atoms with Gasteiger partial charge in [0, 0.05) is 20.1 Å². The average Bonchev–Trinajstić information content (AvgIpc) is 2.78. The van der Waals surface area contributed by atoms with Crippen molar-refractivity contribution in [3.05, 3.63) is 12.2 Å². The number of hydrogen-bond donors (Lipinski definition) is 1. The zero-order valence-corrected chi connectivity index (χ0v) is 12.7. The number of hydrogen-bond acceptors (Lipinski definition) is 4. The van der Waals surface area contributed by atoms with Crippen LogP contribution in [-0.2, 0) is 17.7 Å². The zero-order chi connectivity index (χ0) is 14.3. The molecule has 1 rings (SSSR count). The maximum Gasteiger partial charge on any atom is 0.132 e. The Labute approximate surface area is 116 Å². The second kappa shape index (κ2) is 7.60. The summed E-state index contributed by atoms with van der Waals surface area (Å²) in [6.45, 7) is 9.10. The number of nitrogens with zero attached hydrogens (tertiary/aromatic N) is 3. The monoisotopic (exact) mass is 268 g/mol. The fraction of sp³-hybridized carbons (Fsp3) is 0.857. The Morgan fingerprint density at radius 1 is 1.37 bits per heavy atom. The number of methoxy groups -OCH3 is 1. The highest BCUT2D eigenvalue weighted by atomic mass is 16.5. The lowest BCUT2D eigenvalue weighted by Gasteiger charge is -2.30. The maximum absolute atomic E-state index is 5.72. The SMILES string of the molecule is COCCn1cnnc1CCC(CCN)C(C)(C)C. The molecule has 0 aliphatic rings. The largest absolute Gasteiger partial charge is 0.383 e. The van der Waals surface area contributed by atoms with E-state index in [4.69, 9.17) is 10.5 Å². The number of aryl methyl sites for hydroxylation is 1. The van der Waals surface area contributed by atoms with Crippen LogP contribution in [-0.4, -0.2) is 35.0 Å². The van der Waals surface area contributed by atoms with Crippen LogP contribution in [0.25, 0.3) is 0 Å². The molecule has 0 spiro atoms. The van der Waals surface area contributed by atoms with Gasteiger partial charge in [0.1, 0.15) is 12.2 Å². The minimum absolute atomic E-state index is 0.288. The lowest BCUT2D eigenvalue weighted by molar-refractivity contribution is 0.185. The van der Waals surface area contributed by atoms with Crippen LogP contribution in [0.3, 0.4) is 0 Å². The summed E-state index contributed by atoms with van der Waals surface area (Å²) in [5.74, 6) is 1.66. The highest BCUT2D eigenvalue weighted by molar-refractivity contribution is 4.88. The topological polar surface area (TPSA) is 66.0 Å². The summed E-state index contributed by atoms with van der Waals surface area (Å²) in [6, 6.07) is 0. The molecule has 0 bridgehead atoms. The van der Waals surface area contributed by atoms with Gasteiger partial charge in [0.15, 0.2) is 0 Å². The first-order valence-electron chi connectivity index (χ1n) is 7.04. The van der Waals surface area contributed by atoms with Crippen LogP contribution in [0, 0.1) is 11.3 Å². The Kier molecular flexibility index (Phi) is 6.45. The molecule has 5 heteroatoms. The average molecular weight is 268 g/mol. The van der Waals surface area contributed by atoms with Crippen molar-refractivity contribution in [2.75, 3.05) is 20.3 Å². The highest BCUT2D eigenvalue weighted by Crippen LogP contribution is 2.31. The molecule has 1 atom stereocenters. The van der Waals surface area contributed by atoms with E-state index in [2.05, 4.69) is 35.5 Å². The van der Waals surface area contributed by atoms with E-state index in [0.717, 1.165) is 38.2 Å². The van der Waals surface area contributed by atoms with Gasteiger partial charge < -0.3 is 15.0 Å². The summed E-state index contributed by atoms with van der Waals surface area (Å²) in [5, 5.41) is 8.20. The summed E-state index contributed by atoms with van der Waals surface area (Å²) >= 11 is 0. The van der Waals surface area contributed by atoms with Crippen molar-refractivity contribution in [1.29, 1.82) is 0 Å². The van der Waals surface area contributed by atoms with Crippen LogP contribution in [0.1, 0.15) is 39.4 Å². The van der Waals surface area contributed by atoms with Gasteiger partial charge in [-0.3, -0.25) is 0 Å². The van der Waals surface area contributed by atoms with Crippen molar-refractivity contribution in [3.63, 3.8) is 0 Å². The van der Waals surface area contributed by atoms with E-state index in [9.17, 15) is 0 Å². The van der Waals surface area contributed by atoms with E-state index in [1.807, 2.05) is 0 Å². The number of nitrogens with two attached hydrogens (primary N) is 1. The number of aromatic nitrogens is 3.